The number of rotatable bonds is 2. The van der Waals surface area contributed by atoms with Gasteiger partial charge in [-0.2, -0.15) is 4.31 Å². The Balaban J connectivity index is 1.97. The summed E-state index contributed by atoms with van der Waals surface area (Å²) >= 11 is 9.30. The van der Waals surface area contributed by atoms with E-state index < -0.39 is 10.0 Å². The van der Waals surface area contributed by atoms with Gasteiger partial charge in [-0.1, -0.05) is 27.5 Å². The number of halogens is 2. The Morgan fingerprint density at radius 3 is 2.85 bits per heavy atom. The van der Waals surface area contributed by atoms with Crippen LogP contribution >= 0.6 is 27.5 Å². The monoisotopic (exact) mass is 376 g/mol. The first-order valence-electron chi connectivity index (χ1n) is 5.80. The second kappa shape index (κ2) is 5.10. The number of aromatic nitrogens is 3. The summed E-state index contributed by atoms with van der Waals surface area (Å²) in [4.78, 5) is 0.107. The SMILES string of the molecule is O=S(=O)(c1ccc(Br)cc1Cl)N1CCn2cnnc2C1. The molecule has 0 unspecified atom stereocenters. The molecule has 0 amide bonds. The minimum absolute atomic E-state index is 0.107. The van der Waals surface area contributed by atoms with E-state index in [1.54, 1.807) is 18.5 Å². The highest BCUT2D eigenvalue weighted by atomic mass is 79.9. The van der Waals surface area contributed by atoms with E-state index in [-0.39, 0.29) is 16.5 Å². The normalized spacial score (nSPS) is 16.1. The van der Waals surface area contributed by atoms with Crippen molar-refractivity contribution in [3.63, 3.8) is 0 Å². The zero-order valence-electron chi connectivity index (χ0n) is 10.2. The van der Waals surface area contributed by atoms with Crippen molar-refractivity contribution >= 4 is 37.6 Å². The molecule has 3 rings (SSSR count). The van der Waals surface area contributed by atoms with Crippen LogP contribution < -0.4 is 0 Å². The molecule has 2 heterocycles. The summed E-state index contributed by atoms with van der Waals surface area (Å²) in [5, 5.41) is 7.90. The standard InChI is InChI=1S/C11H10BrClN4O2S/c12-8-1-2-10(9(13)5-8)20(18,19)17-4-3-16-7-14-15-11(16)6-17/h1-2,5,7H,3-4,6H2. The van der Waals surface area contributed by atoms with Crippen LogP contribution in [0.3, 0.4) is 0 Å². The van der Waals surface area contributed by atoms with Gasteiger partial charge in [0.15, 0.2) is 0 Å². The molecule has 1 aromatic carbocycles. The van der Waals surface area contributed by atoms with E-state index in [0.29, 0.717) is 18.9 Å². The Morgan fingerprint density at radius 2 is 2.10 bits per heavy atom. The van der Waals surface area contributed by atoms with E-state index in [9.17, 15) is 8.42 Å². The molecule has 0 bridgehead atoms. The lowest BCUT2D eigenvalue weighted by Gasteiger charge is -2.26. The lowest BCUT2D eigenvalue weighted by Crippen LogP contribution is -2.38. The summed E-state index contributed by atoms with van der Waals surface area (Å²) in [7, 11) is -3.63. The van der Waals surface area contributed by atoms with Gasteiger partial charge < -0.3 is 4.57 Å². The Kier molecular flexibility index (Phi) is 3.57. The third-order valence-electron chi connectivity index (χ3n) is 3.12. The number of benzene rings is 1. The van der Waals surface area contributed by atoms with Gasteiger partial charge in [0.2, 0.25) is 10.0 Å². The second-order valence-corrected chi connectivity index (χ2v) is 7.58. The van der Waals surface area contributed by atoms with Crippen molar-refractivity contribution in [2.24, 2.45) is 0 Å². The molecule has 1 aromatic heterocycles. The average molecular weight is 378 g/mol. The molecular formula is C11H10BrClN4O2S. The summed E-state index contributed by atoms with van der Waals surface area (Å²) in [6.45, 7) is 1.12. The van der Waals surface area contributed by atoms with Crippen molar-refractivity contribution < 1.29 is 8.42 Å². The largest absolute Gasteiger partial charge is 0.315 e. The van der Waals surface area contributed by atoms with Gasteiger partial charge >= 0.3 is 0 Å². The molecule has 106 valence electrons. The maximum atomic E-state index is 12.6. The van der Waals surface area contributed by atoms with E-state index in [0.717, 1.165) is 4.47 Å². The van der Waals surface area contributed by atoms with Crippen LogP contribution in [0.15, 0.2) is 33.9 Å². The Hall–Kier alpha value is -0.960. The Labute approximate surface area is 129 Å². The number of hydrogen-bond acceptors (Lipinski definition) is 4. The maximum absolute atomic E-state index is 12.6. The summed E-state index contributed by atoms with van der Waals surface area (Å²) < 4.78 is 29.2. The van der Waals surface area contributed by atoms with Crippen molar-refractivity contribution in [1.29, 1.82) is 0 Å². The van der Waals surface area contributed by atoms with Crippen LogP contribution in [-0.4, -0.2) is 34.0 Å². The van der Waals surface area contributed by atoms with Gasteiger partial charge in [-0.15, -0.1) is 10.2 Å². The minimum Gasteiger partial charge on any atom is -0.315 e. The van der Waals surface area contributed by atoms with Crippen molar-refractivity contribution in [2.75, 3.05) is 6.54 Å². The zero-order valence-corrected chi connectivity index (χ0v) is 13.4. The fraction of sp³-hybridized carbons (Fsp3) is 0.273. The van der Waals surface area contributed by atoms with E-state index >= 15 is 0 Å². The molecule has 0 fully saturated rings. The van der Waals surface area contributed by atoms with Crippen LogP contribution in [0.2, 0.25) is 5.02 Å². The van der Waals surface area contributed by atoms with Crippen molar-refractivity contribution in [3.8, 4) is 0 Å². The summed E-state index contributed by atoms with van der Waals surface area (Å²) in [5.74, 6) is 0.632. The molecule has 20 heavy (non-hydrogen) atoms. The molecule has 0 radical (unpaired) electrons. The Bertz CT molecular complexity index is 762. The van der Waals surface area contributed by atoms with Crippen molar-refractivity contribution in [2.45, 2.75) is 18.0 Å². The molecule has 1 aliphatic heterocycles. The molecule has 0 aliphatic carbocycles. The molecule has 0 saturated heterocycles. The van der Waals surface area contributed by atoms with E-state index in [2.05, 4.69) is 26.1 Å². The van der Waals surface area contributed by atoms with Crippen LogP contribution in [0.4, 0.5) is 0 Å². The predicted octanol–water partition coefficient (Wildman–Crippen LogP) is 1.90. The highest BCUT2D eigenvalue weighted by molar-refractivity contribution is 9.10. The third kappa shape index (κ3) is 2.37. The first kappa shape index (κ1) is 14.0. The molecular weight excluding hydrogens is 368 g/mol. The molecule has 0 N–H and O–H groups in total. The lowest BCUT2D eigenvalue weighted by molar-refractivity contribution is 0.335. The third-order valence-corrected chi connectivity index (χ3v) is 5.94. The highest BCUT2D eigenvalue weighted by Crippen LogP contribution is 2.29. The van der Waals surface area contributed by atoms with Crippen LogP contribution in [0.5, 0.6) is 0 Å². The average Bonchev–Trinajstić information content (AvgIpc) is 2.85. The number of fused-ring (bicyclic) bond motifs is 1. The highest BCUT2D eigenvalue weighted by Gasteiger charge is 2.30. The van der Waals surface area contributed by atoms with Crippen LogP contribution in [0.25, 0.3) is 0 Å². The van der Waals surface area contributed by atoms with E-state index in [1.807, 2.05) is 4.57 Å². The summed E-state index contributed by atoms with van der Waals surface area (Å²) in [6, 6.07) is 4.73. The predicted molar refractivity (Wildman–Crippen MR) is 76.8 cm³/mol. The summed E-state index contributed by atoms with van der Waals surface area (Å²) in [5.41, 5.74) is 0. The van der Waals surface area contributed by atoms with Gasteiger partial charge in [0, 0.05) is 17.6 Å². The van der Waals surface area contributed by atoms with E-state index in [4.69, 9.17) is 11.6 Å². The fourth-order valence-corrected chi connectivity index (χ4v) is 4.47. The van der Waals surface area contributed by atoms with Gasteiger partial charge in [0.1, 0.15) is 17.0 Å². The molecule has 9 heteroatoms. The quantitative estimate of drug-likeness (QED) is 0.801. The van der Waals surface area contributed by atoms with Crippen molar-refractivity contribution in [1.82, 2.24) is 19.1 Å². The smallest absolute Gasteiger partial charge is 0.245 e. The fourth-order valence-electron chi connectivity index (χ4n) is 2.07. The molecule has 0 spiro atoms. The van der Waals surface area contributed by atoms with Gasteiger partial charge in [-0.3, -0.25) is 0 Å². The van der Waals surface area contributed by atoms with Crippen LogP contribution in [-0.2, 0) is 23.1 Å². The van der Waals surface area contributed by atoms with Crippen LogP contribution in [0.1, 0.15) is 5.82 Å². The Morgan fingerprint density at radius 1 is 1.30 bits per heavy atom. The molecule has 1 aliphatic rings. The van der Waals surface area contributed by atoms with Gasteiger partial charge in [0.25, 0.3) is 0 Å². The van der Waals surface area contributed by atoms with E-state index in [1.165, 1.54) is 10.4 Å². The first-order valence-corrected chi connectivity index (χ1v) is 8.41. The second-order valence-electron chi connectivity index (χ2n) is 4.35. The van der Waals surface area contributed by atoms with Gasteiger partial charge in [-0.05, 0) is 18.2 Å². The lowest BCUT2D eigenvalue weighted by atomic mass is 10.4. The molecule has 0 atom stereocenters. The topological polar surface area (TPSA) is 68.1 Å². The van der Waals surface area contributed by atoms with Crippen LogP contribution in [0, 0.1) is 0 Å². The molecule has 6 nitrogen and oxygen atoms in total. The van der Waals surface area contributed by atoms with Gasteiger partial charge in [0.05, 0.1) is 11.6 Å². The summed E-state index contributed by atoms with van der Waals surface area (Å²) in [6.07, 6.45) is 1.60. The number of sulfonamides is 1. The zero-order chi connectivity index (χ0) is 14.3. The van der Waals surface area contributed by atoms with Crippen molar-refractivity contribution in [3.05, 3.63) is 39.8 Å². The molecule has 2 aromatic rings. The minimum atomic E-state index is -3.63. The maximum Gasteiger partial charge on any atom is 0.245 e. The van der Waals surface area contributed by atoms with Gasteiger partial charge in [-0.25, -0.2) is 8.42 Å². The number of hydrogen-bond donors (Lipinski definition) is 0. The number of nitrogens with zero attached hydrogens (tertiary/aromatic N) is 4. The molecule has 0 saturated carbocycles. The first-order chi connectivity index (χ1) is 9.48.